The number of phenolic OH excluding ortho intramolecular Hbond substituents is 1. The molecule has 74 valence electrons. The van der Waals surface area contributed by atoms with Crippen LogP contribution >= 0.6 is 11.6 Å². The van der Waals surface area contributed by atoms with Gasteiger partial charge in [-0.15, -0.1) is 0 Å². The second-order valence-corrected chi connectivity index (χ2v) is 5.98. The molecule has 0 aliphatic carbocycles. The molecule has 0 amide bonds. The number of hydrogen-bond acceptors (Lipinski definition) is 1. The molecule has 0 aliphatic rings. The molecule has 1 aromatic heterocycles. The molecule has 2 aromatic carbocycles. The normalized spacial score (nSPS) is 11.3. The summed E-state index contributed by atoms with van der Waals surface area (Å²) in [6.45, 7) is 0. The van der Waals surface area contributed by atoms with Crippen LogP contribution in [0.4, 0.5) is 0 Å². The summed E-state index contributed by atoms with van der Waals surface area (Å²) in [5.41, 5.74) is 0. The topological polar surface area (TPSA) is 20.2 Å². The summed E-state index contributed by atoms with van der Waals surface area (Å²) in [5.74, 6) is 0.334. The number of hydrogen-bond donors (Lipinski definition) is 1. The average molecular weight is 282 g/mol. The van der Waals surface area contributed by atoms with Crippen molar-refractivity contribution in [1.29, 1.82) is 0 Å². The van der Waals surface area contributed by atoms with Gasteiger partial charge in [0.25, 0.3) is 0 Å². The molecule has 0 saturated carbocycles. The van der Waals surface area contributed by atoms with E-state index in [0.717, 1.165) is 20.1 Å². The van der Waals surface area contributed by atoms with Gasteiger partial charge in [0.2, 0.25) is 0 Å². The van der Waals surface area contributed by atoms with E-state index in [4.69, 9.17) is 11.6 Å². The minimum absolute atomic E-state index is 0.224. The monoisotopic (exact) mass is 282 g/mol. The van der Waals surface area contributed by atoms with E-state index in [9.17, 15) is 5.11 Å². The molecule has 0 aliphatic heterocycles. The molecule has 0 fully saturated rings. The zero-order valence-electron chi connectivity index (χ0n) is 7.70. The molecule has 3 heteroatoms. The van der Waals surface area contributed by atoms with Crippen LogP contribution in [-0.4, -0.2) is 19.6 Å². The molecule has 0 spiro atoms. The van der Waals surface area contributed by atoms with Gasteiger partial charge in [0.15, 0.2) is 0 Å². The van der Waals surface area contributed by atoms with Gasteiger partial charge in [-0.3, -0.25) is 0 Å². The number of rotatable bonds is 0. The summed E-state index contributed by atoms with van der Waals surface area (Å²) >= 11 is 6.36. The van der Waals surface area contributed by atoms with Gasteiger partial charge in [0.05, 0.1) is 0 Å². The van der Waals surface area contributed by atoms with Crippen LogP contribution in [0.2, 0.25) is 5.02 Å². The van der Waals surface area contributed by atoms with Crippen LogP contribution in [0.1, 0.15) is 0 Å². The van der Waals surface area contributed by atoms with Gasteiger partial charge in [0.1, 0.15) is 0 Å². The third-order valence-electron chi connectivity index (χ3n) is 2.46. The van der Waals surface area contributed by atoms with Crippen LogP contribution in [-0.2, 0) is 0 Å². The summed E-state index contributed by atoms with van der Waals surface area (Å²) in [7, 11) is 0. The fourth-order valence-electron chi connectivity index (χ4n) is 1.78. The molecule has 3 aromatic rings. The van der Waals surface area contributed by atoms with Crippen LogP contribution in [0.15, 0.2) is 36.4 Å². The molecule has 3 rings (SSSR count). The van der Waals surface area contributed by atoms with Crippen molar-refractivity contribution < 1.29 is 5.11 Å². The Morgan fingerprint density at radius 2 is 1.87 bits per heavy atom. The van der Waals surface area contributed by atoms with Crippen molar-refractivity contribution >= 4 is 45.4 Å². The molecular formula is C12H7ClOSe. The second-order valence-electron chi connectivity index (χ2n) is 3.37. The maximum atomic E-state index is 9.85. The van der Waals surface area contributed by atoms with Crippen molar-refractivity contribution in [2.75, 3.05) is 0 Å². The quantitative estimate of drug-likeness (QED) is 0.626. The van der Waals surface area contributed by atoms with Gasteiger partial charge >= 0.3 is 97.7 Å². The number of aromatic hydroxyl groups is 1. The van der Waals surface area contributed by atoms with E-state index in [-0.39, 0.29) is 14.5 Å². The Balaban J connectivity index is 2.66. The minimum atomic E-state index is 0.224. The maximum absolute atomic E-state index is 9.85. The zero-order chi connectivity index (χ0) is 10.4. The molecule has 0 radical (unpaired) electrons. The Hall–Kier alpha value is -0.951. The summed E-state index contributed by atoms with van der Waals surface area (Å²) in [6.07, 6.45) is 0. The number of fused-ring (bicyclic) bond motifs is 3. The van der Waals surface area contributed by atoms with Gasteiger partial charge in [-0.2, -0.15) is 0 Å². The molecule has 0 atom stereocenters. The predicted molar refractivity (Wildman–Crippen MR) is 65.1 cm³/mol. The van der Waals surface area contributed by atoms with E-state index < -0.39 is 0 Å². The molecule has 0 unspecified atom stereocenters. The fraction of sp³-hybridized carbons (Fsp3) is 0. The molecule has 1 nitrogen and oxygen atoms in total. The van der Waals surface area contributed by atoms with Crippen molar-refractivity contribution in [3.63, 3.8) is 0 Å². The average Bonchev–Trinajstić information content (AvgIpc) is 2.64. The van der Waals surface area contributed by atoms with Gasteiger partial charge in [-0.05, 0) is 0 Å². The van der Waals surface area contributed by atoms with E-state index in [2.05, 4.69) is 6.07 Å². The van der Waals surface area contributed by atoms with Gasteiger partial charge in [-0.25, -0.2) is 0 Å². The number of phenols is 1. The molecule has 1 heterocycles. The van der Waals surface area contributed by atoms with Crippen molar-refractivity contribution in [2.24, 2.45) is 0 Å². The van der Waals surface area contributed by atoms with E-state index in [1.807, 2.05) is 18.2 Å². The van der Waals surface area contributed by atoms with E-state index in [0.29, 0.717) is 5.75 Å². The Kier molecular flexibility index (Phi) is 2.03. The van der Waals surface area contributed by atoms with E-state index >= 15 is 0 Å². The molecular weight excluding hydrogens is 275 g/mol. The van der Waals surface area contributed by atoms with Gasteiger partial charge in [-0.1, -0.05) is 0 Å². The number of benzene rings is 2. The first kappa shape index (κ1) is 9.29. The molecule has 0 saturated heterocycles. The van der Waals surface area contributed by atoms with Gasteiger partial charge < -0.3 is 0 Å². The first-order chi connectivity index (χ1) is 7.27. The van der Waals surface area contributed by atoms with Crippen LogP contribution in [0.25, 0.3) is 19.3 Å². The molecule has 0 bridgehead atoms. The Morgan fingerprint density at radius 1 is 1.07 bits per heavy atom. The van der Waals surface area contributed by atoms with Crippen molar-refractivity contribution in [3.05, 3.63) is 41.4 Å². The first-order valence-corrected chi connectivity index (χ1v) is 6.65. The standard InChI is InChI=1S/C12H7ClOSe/c13-8-5-6-9(14)11-7-3-1-2-4-10(7)15-12(8)11/h1-6,14H. The summed E-state index contributed by atoms with van der Waals surface area (Å²) in [5, 5.41) is 12.7. The van der Waals surface area contributed by atoms with E-state index in [1.54, 1.807) is 12.1 Å². The third kappa shape index (κ3) is 1.30. The predicted octanol–water partition coefficient (Wildman–Crippen LogP) is 3.41. The van der Waals surface area contributed by atoms with Crippen molar-refractivity contribution in [2.45, 2.75) is 0 Å². The molecule has 15 heavy (non-hydrogen) atoms. The Morgan fingerprint density at radius 3 is 2.73 bits per heavy atom. The Bertz CT molecular complexity index is 657. The second kappa shape index (κ2) is 3.28. The van der Waals surface area contributed by atoms with Crippen LogP contribution in [0.3, 0.4) is 0 Å². The Labute approximate surface area is 97.6 Å². The number of halogens is 1. The fourth-order valence-corrected chi connectivity index (χ4v) is 4.51. The summed E-state index contributed by atoms with van der Waals surface area (Å²) < 4.78 is 2.40. The third-order valence-corrected chi connectivity index (χ3v) is 5.55. The van der Waals surface area contributed by atoms with Gasteiger partial charge in [0, 0.05) is 0 Å². The first-order valence-electron chi connectivity index (χ1n) is 4.56. The van der Waals surface area contributed by atoms with Crippen molar-refractivity contribution in [3.8, 4) is 5.75 Å². The van der Waals surface area contributed by atoms with Crippen molar-refractivity contribution in [1.82, 2.24) is 0 Å². The van der Waals surface area contributed by atoms with E-state index in [1.165, 1.54) is 4.26 Å². The zero-order valence-corrected chi connectivity index (χ0v) is 10.2. The SMILES string of the molecule is Oc1ccc(Cl)c2[se]c3ccccc3c12. The summed E-state index contributed by atoms with van der Waals surface area (Å²) in [6, 6.07) is 11.6. The van der Waals surface area contributed by atoms with Crippen LogP contribution < -0.4 is 0 Å². The summed E-state index contributed by atoms with van der Waals surface area (Å²) in [4.78, 5) is 0. The van der Waals surface area contributed by atoms with Crippen LogP contribution in [0.5, 0.6) is 5.75 Å². The molecule has 1 N–H and O–H groups in total. The van der Waals surface area contributed by atoms with Crippen LogP contribution in [0, 0.1) is 0 Å².